The predicted molar refractivity (Wildman–Crippen MR) is 117 cm³/mol. The number of amides is 3. The number of hydrogen-bond donors (Lipinski definition) is 0. The van der Waals surface area contributed by atoms with Gasteiger partial charge in [0.25, 0.3) is 11.8 Å². The standard InChI is InChI=1S/C22H21N5O3S/c1-14-12-17-19(23-13-24-20(17)31-14)26-10-8-25(9-11-26)18(28)6-7-27-21(29)15-4-2-3-5-16(15)22(27)30/h2-5,12-13H,6-11H2,1H3. The number of fused-ring (bicyclic) bond motifs is 2. The summed E-state index contributed by atoms with van der Waals surface area (Å²) >= 11 is 1.65. The van der Waals surface area contributed by atoms with Crippen LogP contribution in [0, 0.1) is 6.92 Å². The van der Waals surface area contributed by atoms with E-state index in [0.29, 0.717) is 37.3 Å². The van der Waals surface area contributed by atoms with Crippen LogP contribution in [-0.4, -0.2) is 70.2 Å². The molecule has 1 saturated heterocycles. The number of thiophene rings is 1. The van der Waals surface area contributed by atoms with Crippen molar-refractivity contribution in [3.8, 4) is 0 Å². The van der Waals surface area contributed by atoms with Gasteiger partial charge in [-0.05, 0) is 25.1 Å². The fourth-order valence-corrected chi connectivity index (χ4v) is 5.03. The summed E-state index contributed by atoms with van der Waals surface area (Å²) in [6.07, 6.45) is 1.72. The lowest BCUT2D eigenvalue weighted by molar-refractivity contribution is -0.131. The Morgan fingerprint density at radius 2 is 1.71 bits per heavy atom. The molecule has 0 bridgehead atoms. The molecule has 3 amide bonds. The van der Waals surface area contributed by atoms with Crippen molar-refractivity contribution in [2.75, 3.05) is 37.6 Å². The van der Waals surface area contributed by atoms with Crippen LogP contribution >= 0.6 is 11.3 Å². The maximum atomic E-state index is 12.7. The second-order valence-corrected chi connectivity index (χ2v) is 8.93. The molecule has 9 heteroatoms. The van der Waals surface area contributed by atoms with E-state index in [2.05, 4.69) is 27.9 Å². The Hall–Kier alpha value is -3.33. The second kappa shape index (κ2) is 7.73. The first-order valence-electron chi connectivity index (χ1n) is 10.2. The lowest BCUT2D eigenvalue weighted by atomic mass is 10.1. The van der Waals surface area contributed by atoms with Crippen molar-refractivity contribution < 1.29 is 14.4 Å². The van der Waals surface area contributed by atoms with Crippen molar-refractivity contribution in [1.82, 2.24) is 19.8 Å². The molecule has 2 aliphatic heterocycles. The SMILES string of the molecule is Cc1cc2c(N3CCN(C(=O)CCN4C(=O)c5ccccc5C4=O)CC3)ncnc2s1. The summed E-state index contributed by atoms with van der Waals surface area (Å²) < 4.78 is 0. The lowest BCUT2D eigenvalue weighted by Crippen LogP contribution is -2.49. The topological polar surface area (TPSA) is 86.7 Å². The first-order chi connectivity index (χ1) is 15.0. The Balaban J connectivity index is 1.19. The van der Waals surface area contributed by atoms with E-state index >= 15 is 0 Å². The van der Waals surface area contributed by atoms with E-state index in [9.17, 15) is 14.4 Å². The Labute approximate surface area is 183 Å². The highest BCUT2D eigenvalue weighted by molar-refractivity contribution is 7.18. The minimum Gasteiger partial charge on any atom is -0.352 e. The minimum absolute atomic E-state index is 0.0459. The Kier molecular flexibility index (Phi) is 4.90. The number of aryl methyl sites for hydroxylation is 1. The molecule has 0 atom stereocenters. The first-order valence-corrected chi connectivity index (χ1v) is 11.0. The summed E-state index contributed by atoms with van der Waals surface area (Å²) in [7, 11) is 0. The van der Waals surface area contributed by atoms with Crippen LogP contribution in [0.15, 0.2) is 36.7 Å². The number of benzene rings is 1. The molecule has 1 aromatic carbocycles. The summed E-state index contributed by atoms with van der Waals surface area (Å²) in [5.74, 6) is 0.219. The van der Waals surface area contributed by atoms with Crippen LogP contribution in [0.4, 0.5) is 5.82 Å². The van der Waals surface area contributed by atoms with E-state index in [0.717, 1.165) is 16.0 Å². The highest BCUT2D eigenvalue weighted by Crippen LogP contribution is 2.30. The van der Waals surface area contributed by atoms with Gasteiger partial charge < -0.3 is 9.80 Å². The molecule has 8 nitrogen and oxygen atoms in total. The largest absolute Gasteiger partial charge is 0.352 e. The van der Waals surface area contributed by atoms with Crippen molar-refractivity contribution in [1.29, 1.82) is 0 Å². The van der Waals surface area contributed by atoms with Gasteiger partial charge in [-0.3, -0.25) is 19.3 Å². The van der Waals surface area contributed by atoms with Gasteiger partial charge in [0.15, 0.2) is 0 Å². The predicted octanol–water partition coefficient (Wildman–Crippen LogP) is 2.33. The summed E-state index contributed by atoms with van der Waals surface area (Å²) in [4.78, 5) is 53.8. The molecule has 158 valence electrons. The van der Waals surface area contributed by atoms with E-state index in [-0.39, 0.29) is 30.7 Å². The van der Waals surface area contributed by atoms with E-state index in [1.165, 1.54) is 9.78 Å². The molecule has 0 radical (unpaired) electrons. The van der Waals surface area contributed by atoms with Crippen LogP contribution in [0.3, 0.4) is 0 Å². The van der Waals surface area contributed by atoms with Crippen LogP contribution in [0.1, 0.15) is 32.0 Å². The Bertz CT molecular complexity index is 1160. The van der Waals surface area contributed by atoms with Crippen LogP contribution in [0.2, 0.25) is 0 Å². The molecule has 31 heavy (non-hydrogen) atoms. The number of hydrogen-bond acceptors (Lipinski definition) is 7. The zero-order valence-electron chi connectivity index (χ0n) is 17.1. The normalized spacial score (nSPS) is 16.4. The maximum absolute atomic E-state index is 12.7. The molecule has 5 rings (SSSR count). The zero-order chi connectivity index (χ0) is 21.5. The Morgan fingerprint density at radius 3 is 2.39 bits per heavy atom. The number of anilines is 1. The summed E-state index contributed by atoms with van der Waals surface area (Å²) in [5.41, 5.74) is 0.821. The molecule has 0 saturated carbocycles. The van der Waals surface area contributed by atoms with Crippen LogP contribution in [0.5, 0.6) is 0 Å². The van der Waals surface area contributed by atoms with Gasteiger partial charge in [-0.2, -0.15) is 0 Å². The van der Waals surface area contributed by atoms with Gasteiger partial charge >= 0.3 is 0 Å². The van der Waals surface area contributed by atoms with Crippen molar-refractivity contribution in [3.63, 3.8) is 0 Å². The number of rotatable bonds is 4. The van der Waals surface area contributed by atoms with Gasteiger partial charge in [0.05, 0.1) is 16.5 Å². The highest BCUT2D eigenvalue weighted by Gasteiger charge is 2.35. The third-order valence-electron chi connectivity index (χ3n) is 5.79. The molecule has 3 aromatic rings. The van der Waals surface area contributed by atoms with Crippen molar-refractivity contribution in [3.05, 3.63) is 52.7 Å². The van der Waals surface area contributed by atoms with Gasteiger partial charge in [-0.25, -0.2) is 9.97 Å². The van der Waals surface area contributed by atoms with Gasteiger partial charge in [-0.15, -0.1) is 11.3 Å². The number of nitrogens with zero attached hydrogens (tertiary/aromatic N) is 5. The van der Waals surface area contributed by atoms with Gasteiger partial charge in [0.2, 0.25) is 5.91 Å². The van der Waals surface area contributed by atoms with Gasteiger partial charge in [0, 0.05) is 44.0 Å². The summed E-state index contributed by atoms with van der Waals surface area (Å²) in [6.45, 7) is 4.68. The maximum Gasteiger partial charge on any atom is 0.261 e. The molecule has 2 aromatic heterocycles. The first kappa shape index (κ1) is 19.6. The van der Waals surface area contributed by atoms with E-state index in [4.69, 9.17) is 0 Å². The second-order valence-electron chi connectivity index (χ2n) is 7.70. The fourth-order valence-electron chi connectivity index (χ4n) is 4.19. The molecule has 1 fully saturated rings. The van der Waals surface area contributed by atoms with Crippen LogP contribution in [0.25, 0.3) is 10.2 Å². The molecule has 0 unspecified atom stereocenters. The summed E-state index contributed by atoms with van der Waals surface area (Å²) in [5, 5.41) is 1.05. The number of piperazine rings is 1. The molecule has 0 spiro atoms. The average molecular weight is 436 g/mol. The monoisotopic (exact) mass is 435 g/mol. The lowest BCUT2D eigenvalue weighted by Gasteiger charge is -2.35. The van der Waals surface area contributed by atoms with Gasteiger partial charge in [0.1, 0.15) is 17.0 Å². The highest BCUT2D eigenvalue weighted by atomic mass is 32.1. The number of carbonyl (C=O) groups excluding carboxylic acids is 3. The average Bonchev–Trinajstić information content (AvgIpc) is 3.29. The molecule has 2 aliphatic rings. The van der Waals surface area contributed by atoms with Gasteiger partial charge in [-0.1, -0.05) is 12.1 Å². The smallest absolute Gasteiger partial charge is 0.261 e. The molecular formula is C22H21N5O3S. The quantitative estimate of drug-likeness (QED) is 0.585. The van der Waals surface area contributed by atoms with E-state index in [1.54, 1.807) is 46.8 Å². The Morgan fingerprint density at radius 1 is 1.03 bits per heavy atom. The molecule has 0 N–H and O–H groups in total. The van der Waals surface area contributed by atoms with Crippen LogP contribution < -0.4 is 4.90 Å². The number of carbonyl (C=O) groups is 3. The fraction of sp³-hybridized carbons (Fsp3) is 0.318. The van der Waals surface area contributed by atoms with Crippen LogP contribution in [-0.2, 0) is 4.79 Å². The summed E-state index contributed by atoms with van der Waals surface area (Å²) in [6, 6.07) is 8.88. The third-order valence-corrected chi connectivity index (χ3v) is 6.75. The molecule has 4 heterocycles. The van der Waals surface area contributed by atoms with Crippen molar-refractivity contribution in [2.45, 2.75) is 13.3 Å². The molecular weight excluding hydrogens is 414 g/mol. The van der Waals surface area contributed by atoms with E-state index < -0.39 is 0 Å². The molecule has 0 aliphatic carbocycles. The van der Waals surface area contributed by atoms with Crippen molar-refractivity contribution in [2.24, 2.45) is 0 Å². The zero-order valence-corrected chi connectivity index (χ0v) is 17.9. The minimum atomic E-state index is -0.322. The number of imide groups is 1. The van der Waals surface area contributed by atoms with Crippen molar-refractivity contribution >= 4 is 45.1 Å². The van der Waals surface area contributed by atoms with E-state index in [1.807, 2.05) is 0 Å². The third kappa shape index (κ3) is 3.44. The number of aromatic nitrogens is 2.